The molecule has 2 heterocycles. The molecule has 0 radical (unpaired) electrons. The zero-order valence-electron chi connectivity index (χ0n) is 12.5. The second-order valence-electron chi connectivity index (χ2n) is 5.48. The number of nitrogens with zero attached hydrogens (tertiary/aromatic N) is 4. The number of nitro groups is 1. The zero-order chi connectivity index (χ0) is 16.2. The maximum Gasteiger partial charge on any atom is 0.269 e. The van der Waals surface area contributed by atoms with Gasteiger partial charge in [-0.15, -0.1) is 0 Å². The summed E-state index contributed by atoms with van der Waals surface area (Å²) in [7, 11) is 0. The van der Waals surface area contributed by atoms with Gasteiger partial charge >= 0.3 is 0 Å². The van der Waals surface area contributed by atoms with Crippen molar-refractivity contribution in [3.8, 4) is 0 Å². The second-order valence-corrected chi connectivity index (χ2v) is 5.48. The molecule has 3 rings (SSSR count). The van der Waals surface area contributed by atoms with Crippen LogP contribution in [-0.2, 0) is 24.2 Å². The smallest absolute Gasteiger partial charge is 0.269 e. The fraction of sp³-hybridized carbons (Fsp3) is 0.312. The highest BCUT2D eigenvalue weighted by molar-refractivity contribution is 5.76. The second kappa shape index (κ2) is 6.51. The van der Waals surface area contributed by atoms with Crippen molar-refractivity contribution < 1.29 is 9.72 Å². The third-order valence-electron chi connectivity index (χ3n) is 3.99. The van der Waals surface area contributed by atoms with E-state index in [1.807, 2.05) is 4.90 Å². The Morgan fingerprint density at radius 1 is 1.30 bits per heavy atom. The molecule has 0 bridgehead atoms. The van der Waals surface area contributed by atoms with Crippen LogP contribution in [0.25, 0.3) is 0 Å². The Kier molecular flexibility index (Phi) is 4.27. The molecule has 7 heteroatoms. The third kappa shape index (κ3) is 3.50. The van der Waals surface area contributed by atoms with E-state index in [1.54, 1.807) is 18.3 Å². The summed E-state index contributed by atoms with van der Waals surface area (Å²) in [5.41, 5.74) is 3.00. The fourth-order valence-electron chi connectivity index (χ4n) is 2.67. The first-order valence-electron chi connectivity index (χ1n) is 7.42. The Balaban J connectivity index is 1.57. The van der Waals surface area contributed by atoms with Crippen molar-refractivity contribution in [2.75, 3.05) is 6.54 Å². The van der Waals surface area contributed by atoms with Gasteiger partial charge in [0.1, 0.15) is 6.33 Å². The van der Waals surface area contributed by atoms with Gasteiger partial charge in [0.15, 0.2) is 0 Å². The van der Waals surface area contributed by atoms with Crippen LogP contribution in [0.4, 0.5) is 5.69 Å². The van der Waals surface area contributed by atoms with Crippen LogP contribution in [0.1, 0.15) is 23.2 Å². The van der Waals surface area contributed by atoms with Crippen molar-refractivity contribution in [3.05, 3.63) is 63.7 Å². The predicted molar refractivity (Wildman–Crippen MR) is 82.6 cm³/mol. The van der Waals surface area contributed by atoms with E-state index in [1.165, 1.54) is 18.5 Å². The number of hydrogen-bond acceptors (Lipinski definition) is 5. The summed E-state index contributed by atoms with van der Waals surface area (Å²) >= 11 is 0. The Bertz CT molecular complexity index is 730. The molecule has 0 unspecified atom stereocenters. The Morgan fingerprint density at radius 3 is 2.83 bits per heavy atom. The van der Waals surface area contributed by atoms with Crippen LogP contribution in [0.15, 0.2) is 36.8 Å². The lowest BCUT2D eigenvalue weighted by molar-refractivity contribution is -0.384. The quantitative estimate of drug-likeness (QED) is 0.635. The minimum Gasteiger partial charge on any atom is -0.338 e. The number of carbonyl (C=O) groups excluding carboxylic acids is 1. The van der Waals surface area contributed by atoms with Crippen LogP contribution in [0, 0.1) is 10.1 Å². The number of hydrogen-bond donors (Lipinski definition) is 0. The van der Waals surface area contributed by atoms with Crippen LogP contribution < -0.4 is 0 Å². The number of benzene rings is 1. The molecule has 2 aromatic rings. The van der Waals surface area contributed by atoms with E-state index in [-0.39, 0.29) is 11.6 Å². The van der Waals surface area contributed by atoms with Gasteiger partial charge in [-0.05, 0) is 12.0 Å². The van der Waals surface area contributed by atoms with Gasteiger partial charge in [0, 0.05) is 49.8 Å². The van der Waals surface area contributed by atoms with Gasteiger partial charge in [-0.25, -0.2) is 9.97 Å². The molecule has 0 saturated carbocycles. The van der Waals surface area contributed by atoms with Crippen molar-refractivity contribution >= 4 is 11.6 Å². The van der Waals surface area contributed by atoms with Crippen molar-refractivity contribution in [1.29, 1.82) is 0 Å². The lowest BCUT2D eigenvalue weighted by Crippen LogP contribution is -2.36. The molecular formula is C16H16N4O3. The van der Waals surface area contributed by atoms with Crippen LogP contribution in [0.3, 0.4) is 0 Å². The molecule has 0 atom stereocenters. The largest absolute Gasteiger partial charge is 0.338 e. The summed E-state index contributed by atoms with van der Waals surface area (Å²) in [5, 5.41) is 10.6. The molecule has 1 aromatic carbocycles. The average molecular weight is 312 g/mol. The highest BCUT2D eigenvalue weighted by Crippen LogP contribution is 2.18. The lowest BCUT2D eigenvalue weighted by atomic mass is 10.1. The van der Waals surface area contributed by atoms with Crippen molar-refractivity contribution in [2.24, 2.45) is 0 Å². The highest BCUT2D eigenvalue weighted by atomic mass is 16.6. The van der Waals surface area contributed by atoms with Crippen LogP contribution in [0.5, 0.6) is 0 Å². The number of rotatable bonds is 4. The van der Waals surface area contributed by atoms with Crippen molar-refractivity contribution in [2.45, 2.75) is 25.8 Å². The van der Waals surface area contributed by atoms with E-state index in [0.29, 0.717) is 25.9 Å². The van der Waals surface area contributed by atoms with E-state index in [9.17, 15) is 14.9 Å². The van der Waals surface area contributed by atoms with Gasteiger partial charge in [0.05, 0.1) is 10.6 Å². The number of carbonyl (C=O) groups is 1. The van der Waals surface area contributed by atoms with Crippen LogP contribution in [-0.4, -0.2) is 32.2 Å². The molecule has 1 aromatic heterocycles. The maximum absolute atomic E-state index is 12.3. The molecule has 118 valence electrons. The van der Waals surface area contributed by atoms with E-state index in [0.717, 1.165) is 23.2 Å². The molecule has 0 fully saturated rings. The first-order chi connectivity index (χ1) is 11.1. The molecule has 23 heavy (non-hydrogen) atoms. The van der Waals surface area contributed by atoms with Crippen LogP contribution in [0.2, 0.25) is 0 Å². The molecule has 1 aliphatic heterocycles. The summed E-state index contributed by atoms with van der Waals surface area (Å²) in [6.07, 6.45) is 5.01. The number of aryl methyl sites for hydroxylation is 1. The number of aromatic nitrogens is 2. The average Bonchev–Trinajstić information content (AvgIpc) is 2.59. The number of fused-ring (bicyclic) bond motifs is 1. The van der Waals surface area contributed by atoms with Gasteiger partial charge in [-0.3, -0.25) is 14.9 Å². The summed E-state index contributed by atoms with van der Waals surface area (Å²) < 4.78 is 0. The molecule has 0 aliphatic carbocycles. The summed E-state index contributed by atoms with van der Waals surface area (Å²) in [4.78, 5) is 32.6. The van der Waals surface area contributed by atoms with Gasteiger partial charge < -0.3 is 4.90 Å². The molecule has 0 N–H and O–H groups in total. The van der Waals surface area contributed by atoms with Crippen molar-refractivity contribution in [3.63, 3.8) is 0 Å². The minimum atomic E-state index is -0.428. The number of amides is 1. The van der Waals surface area contributed by atoms with Crippen LogP contribution >= 0.6 is 0 Å². The molecular weight excluding hydrogens is 296 g/mol. The molecule has 7 nitrogen and oxygen atoms in total. The minimum absolute atomic E-state index is 0.0627. The fourth-order valence-corrected chi connectivity index (χ4v) is 2.67. The van der Waals surface area contributed by atoms with Gasteiger partial charge in [0.2, 0.25) is 5.91 Å². The number of nitro benzene ring substituents is 1. The summed E-state index contributed by atoms with van der Waals surface area (Å²) in [5.74, 6) is 0.0813. The van der Waals surface area contributed by atoms with E-state index >= 15 is 0 Å². The first kappa shape index (κ1) is 15.1. The zero-order valence-corrected chi connectivity index (χ0v) is 12.5. The monoisotopic (exact) mass is 312 g/mol. The topological polar surface area (TPSA) is 89.2 Å². The first-order valence-corrected chi connectivity index (χ1v) is 7.42. The highest BCUT2D eigenvalue weighted by Gasteiger charge is 2.21. The maximum atomic E-state index is 12.3. The van der Waals surface area contributed by atoms with E-state index < -0.39 is 4.92 Å². The predicted octanol–water partition coefficient (Wildman–Crippen LogP) is 1.90. The molecule has 0 spiro atoms. The van der Waals surface area contributed by atoms with Gasteiger partial charge in [0.25, 0.3) is 5.69 Å². The molecule has 1 amide bonds. The van der Waals surface area contributed by atoms with E-state index in [2.05, 4.69) is 9.97 Å². The van der Waals surface area contributed by atoms with Crippen molar-refractivity contribution in [1.82, 2.24) is 14.9 Å². The van der Waals surface area contributed by atoms with Gasteiger partial charge in [-0.2, -0.15) is 0 Å². The number of non-ortho nitro benzene ring substituents is 1. The lowest BCUT2D eigenvalue weighted by Gasteiger charge is -2.27. The standard InChI is InChI=1S/C16H16N4O3/c21-16(6-3-12-1-4-14(5-2-12)20(22)23)19-8-7-15-13(10-19)9-17-11-18-15/h1-2,4-5,9,11H,3,6-8,10H2. The van der Waals surface area contributed by atoms with Gasteiger partial charge in [-0.1, -0.05) is 12.1 Å². The SMILES string of the molecule is O=C(CCc1ccc([N+](=O)[O-])cc1)N1CCc2ncncc2C1. The third-order valence-corrected chi connectivity index (χ3v) is 3.99. The Morgan fingerprint density at radius 2 is 2.09 bits per heavy atom. The summed E-state index contributed by atoms with van der Waals surface area (Å²) in [6.45, 7) is 1.22. The Hall–Kier alpha value is -2.83. The molecule has 0 saturated heterocycles. The molecule has 1 aliphatic rings. The normalized spacial score (nSPS) is 13.5. The summed E-state index contributed by atoms with van der Waals surface area (Å²) in [6, 6.07) is 6.33. The van der Waals surface area contributed by atoms with E-state index in [4.69, 9.17) is 0 Å². The Labute approximate surface area is 133 Å².